The number of rotatable bonds is 4. The second-order valence-electron chi connectivity index (χ2n) is 10.0. The number of nitrogens with zero attached hydrogens (tertiary/aromatic N) is 2. The van der Waals surface area contributed by atoms with Crippen molar-refractivity contribution in [2.75, 3.05) is 7.11 Å². The van der Waals surface area contributed by atoms with Crippen LogP contribution in [0.3, 0.4) is 0 Å². The van der Waals surface area contributed by atoms with Crippen molar-refractivity contribution in [1.29, 1.82) is 0 Å². The summed E-state index contributed by atoms with van der Waals surface area (Å²) in [6, 6.07) is 18.9. The fourth-order valence-corrected chi connectivity index (χ4v) is 5.30. The normalized spacial score (nSPS) is 18.2. The van der Waals surface area contributed by atoms with E-state index in [2.05, 4.69) is 69.1 Å². The highest BCUT2D eigenvalue weighted by molar-refractivity contribution is 5.84. The minimum absolute atomic E-state index is 0.190. The average molecular weight is 430 g/mol. The molecule has 1 aliphatic rings. The summed E-state index contributed by atoms with van der Waals surface area (Å²) in [5.74, 6) is 1.12. The lowest BCUT2D eigenvalue weighted by Gasteiger charge is -2.45. The smallest absolute Gasteiger partial charge is 0.144 e. The van der Waals surface area contributed by atoms with Gasteiger partial charge in [0, 0.05) is 28.6 Å². The van der Waals surface area contributed by atoms with Crippen molar-refractivity contribution in [3.05, 3.63) is 66.5 Å². The van der Waals surface area contributed by atoms with Gasteiger partial charge in [0.05, 0.1) is 29.7 Å². The average Bonchev–Trinajstić information content (AvgIpc) is 3.38. The number of benzene rings is 2. The van der Waals surface area contributed by atoms with E-state index in [1.54, 1.807) is 7.11 Å². The van der Waals surface area contributed by atoms with Crippen molar-refractivity contribution in [1.82, 2.24) is 14.8 Å². The fraction of sp³-hybridized carbons (Fsp3) is 0.370. The Kier molecular flexibility index (Phi) is 4.90. The zero-order valence-corrected chi connectivity index (χ0v) is 19.5. The van der Waals surface area contributed by atoms with Crippen molar-refractivity contribution in [3.8, 4) is 22.7 Å². The molecule has 2 aromatic carbocycles. The van der Waals surface area contributed by atoms with Gasteiger partial charge in [-0.3, -0.25) is 0 Å². The molecule has 2 aromatic heterocycles. The van der Waals surface area contributed by atoms with Gasteiger partial charge in [0.2, 0.25) is 0 Å². The van der Waals surface area contributed by atoms with Crippen LogP contribution in [0.1, 0.15) is 52.1 Å². The number of nitrogens with one attached hydrogen (secondary N) is 1. The van der Waals surface area contributed by atoms with Gasteiger partial charge in [-0.15, -0.1) is 0 Å². The van der Waals surface area contributed by atoms with Crippen LogP contribution in [0, 0.1) is 0 Å². The Morgan fingerprint density at radius 1 is 1.00 bits per heavy atom. The highest BCUT2D eigenvalue weighted by atomic mass is 16.5. The van der Waals surface area contributed by atoms with E-state index in [9.17, 15) is 0 Å². The summed E-state index contributed by atoms with van der Waals surface area (Å²) < 4.78 is 14.1. The maximum Gasteiger partial charge on any atom is 0.144 e. The van der Waals surface area contributed by atoms with Crippen molar-refractivity contribution in [2.45, 2.75) is 57.7 Å². The Morgan fingerprint density at radius 3 is 2.50 bits per heavy atom. The Balaban J connectivity index is 1.67. The molecule has 1 fully saturated rings. The van der Waals surface area contributed by atoms with Crippen molar-refractivity contribution in [3.63, 3.8) is 0 Å². The lowest BCUT2D eigenvalue weighted by molar-refractivity contribution is -0.162. The summed E-state index contributed by atoms with van der Waals surface area (Å²) in [6.45, 7) is 8.72. The first-order valence-electron chi connectivity index (χ1n) is 11.3. The van der Waals surface area contributed by atoms with Gasteiger partial charge in [-0.05, 0) is 76.9 Å². The third-order valence-electron chi connectivity index (χ3n) is 6.34. The van der Waals surface area contributed by atoms with E-state index in [4.69, 9.17) is 14.6 Å². The third kappa shape index (κ3) is 3.82. The molecule has 166 valence electrons. The van der Waals surface area contributed by atoms with Crippen LogP contribution in [0.2, 0.25) is 0 Å². The van der Waals surface area contributed by atoms with E-state index in [1.165, 1.54) is 5.39 Å². The van der Waals surface area contributed by atoms with Crippen LogP contribution < -0.4 is 4.74 Å². The quantitative estimate of drug-likeness (QED) is 0.404. The van der Waals surface area contributed by atoms with Crippen LogP contribution in [-0.2, 0) is 4.74 Å². The monoisotopic (exact) mass is 429 g/mol. The summed E-state index contributed by atoms with van der Waals surface area (Å²) in [7, 11) is 1.71. The molecule has 0 bridgehead atoms. The summed E-state index contributed by atoms with van der Waals surface area (Å²) in [5, 5.41) is 6.35. The van der Waals surface area contributed by atoms with Crippen molar-refractivity contribution >= 4 is 10.9 Å². The van der Waals surface area contributed by atoms with Gasteiger partial charge in [-0.2, -0.15) is 5.10 Å². The molecule has 0 amide bonds. The van der Waals surface area contributed by atoms with E-state index in [0.29, 0.717) is 5.92 Å². The van der Waals surface area contributed by atoms with Crippen LogP contribution in [0.5, 0.6) is 5.75 Å². The molecule has 5 rings (SSSR count). The summed E-state index contributed by atoms with van der Waals surface area (Å²) in [4.78, 5) is 3.28. The molecule has 4 aromatic rings. The second kappa shape index (κ2) is 7.52. The van der Waals surface area contributed by atoms with Gasteiger partial charge in [-0.1, -0.05) is 18.2 Å². The molecule has 1 saturated heterocycles. The Labute approximate surface area is 189 Å². The van der Waals surface area contributed by atoms with Gasteiger partial charge in [0.25, 0.3) is 0 Å². The van der Waals surface area contributed by atoms with Gasteiger partial charge < -0.3 is 14.5 Å². The predicted molar refractivity (Wildman–Crippen MR) is 129 cm³/mol. The maximum atomic E-state index is 6.34. The standard InChI is InChI=1S/C27H31N3O2/c1-26(2)16-20(17-27(3,4)32-26)22-15-24(19-10-11-21-18(14-19)12-13-28-21)30(29-22)23-8-6-7-9-25(23)31-5/h6-15,20,28H,16-17H2,1-5H3. The minimum Gasteiger partial charge on any atom is -0.494 e. The number of H-pyrrole nitrogens is 1. The maximum absolute atomic E-state index is 6.34. The number of aromatic nitrogens is 3. The van der Waals surface area contributed by atoms with Crippen LogP contribution in [0.4, 0.5) is 0 Å². The van der Waals surface area contributed by atoms with E-state index in [0.717, 1.165) is 46.7 Å². The van der Waals surface area contributed by atoms with Gasteiger partial charge >= 0.3 is 0 Å². The fourth-order valence-electron chi connectivity index (χ4n) is 5.30. The van der Waals surface area contributed by atoms with E-state index < -0.39 is 0 Å². The molecular formula is C27H31N3O2. The molecule has 5 nitrogen and oxygen atoms in total. The summed E-state index contributed by atoms with van der Waals surface area (Å²) >= 11 is 0. The van der Waals surface area contributed by atoms with E-state index >= 15 is 0 Å². The summed E-state index contributed by atoms with van der Waals surface area (Å²) in [6.07, 6.45) is 3.86. The predicted octanol–water partition coefficient (Wildman–Crippen LogP) is 6.48. The topological polar surface area (TPSA) is 52.1 Å². The first kappa shape index (κ1) is 20.8. The SMILES string of the molecule is COc1ccccc1-n1nc(C2CC(C)(C)OC(C)(C)C2)cc1-c1ccc2[nH]ccc2c1. The molecule has 0 spiro atoms. The minimum atomic E-state index is -0.190. The van der Waals surface area contributed by atoms with Crippen LogP contribution in [0.25, 0.3) is 27.8 Å². The number of ether oxygens (including phenoxy) is 2. The van der Waals surface area contributed by atoms with Gasteiger partial charge in [0.15, 0.2) is 0 Å². The third-order valence-corrected chi connectivity index (χ3v) is 6.34. The summed E-state index contributed by atoms with van der Waals surface area (Å²) in [5.41, 5.74) is 4.99. The Hall–Kier alpha value is -3.05. The zero-order chi connectivity index (χ0) is 22.5. The molecule has 0 radical (unpaired) electrons. The van der Waals surface area contributed by atoms with E-state index in [-0.39, 0.29) is 11.2 Å². The number of fused-ring (bicyclic) bond motifs is 1. The largest absolute Gasteiger partial charge is 0.494 e. The molecule has 0 aliphatic carbocycles. The number of methoxy groups -OCH3 is 1. The van der Waals surface area contributed by atoms with Gasteiger partial charge in [-0.25, -0.2) is 4.68 Å². The van der Waals surface area contributed by atoms with Crippen LogP contribution in [0.15, 0.2) is 60.8 Å². The molecule has 0 saturated carbocycles. The lowest BCUT2D eigenvalue weighted by Crippen LogP contribution is -2.44. The second-order valence-corrected chi connectivity index (χ2v) is 10.0. The Bertz CT molecular complexity index is 1250. The molecular weight excluding hydrogens is 398 g/mol. The highest BCUT2D eigenvalue weighted by Crippen LogP contribution is 2.44. The van der Waals surface area contributed by atoms with Crippen LogP contribution >= 0.6 is 0 Å². The van der Waals surface area contributed by atoms with E-state index in [1.807, 2.05) is 29.1 Å². The molecule has 32 heavy (non-hydrogen) atoms. The van der Waals surface area contributed by atoms with Crippen molar-refractivity contribution < 1.29 is 9.47 Å². The number of para-hydroxylation sites is 2. The number of aromatic amines is 1. The molecule has 5 heteroatoms. The molecule has 1 N–H and O–H groups in total. The highest BCUT2D eigenvalue weighted by Gasteiger charge is 2.41. The van der Waals surface area contributed by atoms with Crippen LogP contribution in [-0.4, -0.2) is 33.1 Å². The molecule has 0 unspecified atom stereocenters. The van der Waals surface area contributed by atoms with Crippen molar-refractivity contribution in [2.24, 2.45) is 0 Å². The first-order chi connectivity index (χ1) is 15.2. The zero-order valence-electron chi connectivity index (χ0n) is 19.5. The first-order valence-corrected chi connectivity index (χ1v) is 11.3. The number of hydrogen-bond donors (Lipinski definition) is 1. The Morgan fingerprint density at radius 2 is 1.75 bits per heavy atom. The molecule has 3 heterocycles. The lowest BCUT2D eigenvalue weighted by atomic mass is 9.79. The number of hydrogen-bond acceptors (Lipinski definition) is 3. The molecule has 0 atom stereocenters. The van der Waals surface area contributed by atoms with Gasteiger partial charge in [0.1, 0.15) is 11.4 Å². The molecule has 1 aliphatic heterocycles.